The van der Waals surface area contributed by atoms with Gasteiger partial charge < -0.3 is 5.32 Å². The van der Waals surface area contributed by atoms with Crippen LogP contribution >= 0.6 is 11.8 Å². The van der Waals surface area contributed by atoms with E-state index >= 15 is 0 Å². The molecule has 0 amide bonds. The fourth-order valence-electron chi connectivity index (χ4n) is 2.11. The molecule has 0 aromatic rings. The van der Waals surface area contributed by atoms with E-state index in [1.54, 1.807) is 0 Å². The summed E-state index contributed by atoms with van der Waals surface area (Å²) < 4.78 is 0. The third-order valence-electron chi connectivity index (χ3n) is 3.08. The molecule has 0 spiro atoms. The van der Waals surface area contributed by atoms with Gasteiger partial charge in [0.25, 0.3) is 0 Å². The van der Waals surface area contributed by atoms with Gasteiger partial charge in [0.2, 0.25) is 0 Å². The van der Waals surface area contributed by atoms with E-state index in [0.29, 0.717) is 0 Å². The minimum absolute atomic E-state index is 0.775. The molecule has 0 heterocycles. The van der Waals surface area contributed by atoms with Gasteiger partial charge in [-0.05, 0) is 37.0 Å². The van der Waals surface area contributed by atoms with Gasteiger partial charge in [-0.15, -0.1) is 0 Å². The van der Waals surface area contributed by atoms with Gasteiger partial charge >= 0.3 is 0 Å². The Hall–Kier alpha value is 0.310. The zero-order valence-corrected chi connectivity index (χ0v) is 11.4. The molecule has 1 rings (SSSR count). The first kappa shape index (κ1) is 13.4. The second kappa shape index (κ2) is 7.56. The van der Waals surface area contributed by atoms with Gasteiger partial charge in [-0.25, -0.2) is 0 Å². The maximum atomic E-state index is 3.54. The van der Waals surface area contributed by atoms with Crippen molar-refractivity contribution in [2.75, 3.05) is 18.8 Å². The van der Waals surface area contributed by atoms with Gasteiger partial charge in [-0.3, -0.25) is 0 Å². The van der Waals surface area contributed by atoms with Crippen LogP contribution in [0.3, 0.4) is 0 Å². The van der Waals surface area contributed by atoms with E-state index in [1.165, 1.54) is 38.0 Å². The standard InChI is InChI=1S/C13H27NS/c1-11(2)8-14-9-12(3)15-10-13-6-4-5-7-13/h11-14H,4-10H2,1-3H3. The highest BCUT2D eigenvalue weighted by molar-refractivity contribution is 7.99. The lowest BCUT2D eigenvalue weighted by Gasteiger charge is -2.16. The molecular formula is C13H27NS. The molecule has 1 unspecified atom stereocenters. The molecule has 90 valence electrons. The lowest BCUT2D eigenvalue weighted by Crippen LogP contribution is -2.26. The number of hydrogen-bond acceptors (Lipinski definition) is 2. The van der Waals surface area contributed by atoms with Crippen molar-refractivity contribution >= 4 is 11.8 Å². The Morgan fingerprint density at radius 3 is 2.40 bits per heavy atom. The summed E-state index contributed by atoms with van der Waals surface area (Å²) in [7, 11) is 0. The maximum absolute atomic E-state index is 3.54. The maximum Gasteiger partial charge on any atom is 0.0144 e. The molecule has 0 saturated heterocycles. The number of thioether (sulfide) groups is 1. The highest BCUT2D eigenvalue weighted by Crippen LogP contribution is 2.29. The summed E-state index contributed by atoms with van der Waals surface area (Å²) in [6, 6.07) is 0. The van der Waals surface area contributed by atoms with Crippen LogP contribution in [0.5, 0.6) is 0 Å². The van der Waals surface area contributed by atoms with Crippen molar-refractivity contribution in [3.05, 3.63) is 0 Å². The minimum atomic E-state index is 0.775. The van der Waals surface area contributed by atoms with E-state index in [4.69, 9.17) is 0 Å². The van der Waals surface area contributed by atoms with Gasteiger partial charge in [-0.1, -0.05) is 33.6 Å². The molecule has 1 aliphatic carbocycles. The summed E-state index contributed by atoms with van der Waals surface area (Å²) in [4.78, 5) is 0. The Kier molecular flexibility index (Phi) is 6.74. The fourth-order valence-corrected chi connectivity index (χ4v) is 3.28. The molecule has 15 heavy (non-hydrogen) atoms. The smallest absolute Gasteiger partial charge is 0.0144 e. The average molecular weight is 229 g/mol. The quantitative estimate of drug-likeness (QED) is 0.716. The van der Waals surface area contributed by atoms with Crippen molar-refractivity contribution < 1.29 is 0 Å². The Balaban J connectivity index is 1.95. The molecule has 1 fully saturated rings. The summed E-state index contributed by atoms with van der Waals surface area (Å²) in [5.74, 6) is 3.20. The van der Waals surface area contributed by atoms with E-state index in [9.17, 15) is 0 Å². The topological polar surface area (TPSA) is 12.0 Å². The second-order valence-electron chi connectivity index (χ2n) is 5.35. The molecule has 2 heteroatoms. The van der Waals surface area contributed by atoms with E-state index in [0.717, 1.165) is 23.6 Å². The van der Waals surface area contributed by atoms with Gasteiger partial charge in [-0.2, -0.15) is 11.8 Å². The van der Waals surface area contributed by atoms with Crippen LogP contribution in [0.15, 0.2) is 0 Å². The SMILES string of the molecule is CC(C)CNCC(C)SCC1CCCC1. The minimum Gasteiger partial charge on any atom is -0.315 e. The molecular weight excluding hydrogens is 202 g/mol. The zero-order valence-electron chi connectivity index (χ0n) is 10.6. The first-order chi connectivity index (χ1) is 7.18. The van der Waals surface area contributed by atoms with Crippen LogP contribution in [0.2, 0.25) is 0 Å². The molecule has 0 aromatic heterocycles. The molecule has 1 saturated carbocycles. The lowest BCUT2D eigenvalue weighted by atomic mass is 10.1. The summed E-state index contributed by atoms with van der Waals surface area (Å²) >= 11 is 2.16. The summed E-state index contributed by atoms with van der Waals surface area (Å²) in [6.07, 6.45) is 5.93. The van der Waals surface area contributed by atoms with E-state index in [2.05, 4.69) is 37.8 Å². The van der Waals surface area contributed by atoms with Crippen molar-refractivity contribution in [3.8, 4) is 0 Å². The summed E-state index contributed by atoms with van der Waals surface area (Å²) in [5.41, 5.74) is 0. The van der Waals surface area contributed by atoms with Crippen LogP contribution in [0.4, 0.5) is 0 Å². The van der Waals surface area contributed by atoms with Gasteiger partial charge in [0.1, 0.15) is 0 Å². The zero-order chi connectivity index (χ0) is 11.1. The predicted octanol–water partition coefficient (Wildman–Crippen LogP) is 3.54. The number of rotatable bonds is 7. The Bertz CT molecular complexity index is 153. The third-order valence-corrected chi connectivity index (χ3v) is 4.48. The van der Waals surface area contributed by atoms with E-state index in [1.807, 2.05) is 0 Å². The number of nitrogens with one attached hydrogen (secondary N) is 1. The van der Waals surface area contributed by atoms with Gasteiger partial charge in [0.15, 0.2) is 0 Å². The van der Waals surface area contributed by atoms with Crippen LogP contribution in [0.1, 0.15) is 46.5 Å². The summed E-state index contributed by atoms with van der Waals surface area (Å²) in [5, 5.41) is 4.32. The Morgan fingerprint density at radius 1 is 1.13 bits per heavy atom. The molecule has 0 aromatic carbocycles. The first-order valence-corrected chi connectivity index (χ1v) is 7.55. The van der Waals surface area contributed by atoms with Crippen molar-refractivity contribution in [1.29, 1.82) is 0 Å². The van der Waals surface area contributed by atoms with Crippen LogP contribution in [-0.4, -0.2) is 24.1 Å². The van der Waals surface area contributed by atoms with Gasteiger partial charge in [0.05, 0.1) is 0 Å². The normalized spacial score (nSPS) is 20.0. The fraction of sp³-hybridized carbons (Fsp3) is 1.00. The summed E-state index contributed by atoms with van der Waals surface area (Å²) in [6.45, 7) is 9.23. The Labute approximate surface area is 99.8 Å². The molecule has 1 atom stereocenters. The average Bonchev–Trinajstić information content (AvgIpc) is 2.66. The monoisotopic (exact) mass is 229 g/mol. The molecule has 0 radical (unpaired) electrons. The van der Waals surface area contributed by atoms with Crippen molar-refractivity contribution in [2.24, 2.45) is 11.8 Å². The second-order valence-corrected chi connectivity index (χ2v) is 6.82. The first-order valence-electron chi connectivity index (χ1n) is 6.50. The lowest BCUT2D eigenvalue weighted by molar-refractivity contribution is 0.553. The van der Waals surface area contributed by atoms with E-state index in [-0.39, 0.29) is 0 Å². The third kappa shape index (κ3) is 6.47. The Morgan fingerprint density at radius 2 is 1.80 bits per heavy atom. The van der Waals surface area contributed by atoms with Crippen LogP contribution in [-0.2, 0) is 0 Å². The highest BCUT2D eigenvalue weighted by Gasteiger charge is 2.15. The van der Waals surface area contributed by atoms with Gasteiger partial charge in [0, 0.05) is 11.8 Å². The van der Waals surface area contributed by atoms with Crippen LogP contribution < -0.4 is 5.32 Å². The predicted molar refractivity (Wildman–Crippen MR) is 71.6 cm³/mol. The molecule has 1 nitrogen and oxygen atoms in total. The van der Waals surface area contributed by atoms with Crippen molar-refractivity contribution in [3.63, 3.8) is 0 Å². The van der Waals surface area contributed by atoms with E-state index < -0.39 is 0 Å². The molecule has 1 aliphatic rings. The highest BCUT2D eigenvalue weighted by atomic mass is 32.2. The molecule has 0 bridgehead atoms. The number of hydrogen-bond donors (Lipinski definition) is 1. The molecule has 1 N–H and O–H groups in total. The van der Waals surface area contributed by atoms with Crippen LogP contribution in [0, 0.1) is 11.8 Å². The van der Waals surface area contributed by atoms with Crippen molar-refractivity contribution in [1.82, 2.24) is 5.32 Å². The molecule has 0 aliphatic heterocycles. The van der Waals surface area contributed by atoms with Crippen molar-refractivity contribution in [2.45, 2.75) is 51.7 Å². The largest absolute Gasteiger partial charge is 0.315 e. The van der Waals surface area contributed by atoms with Crippen LogP contribution in [0.25, 0.3) is 0 Å².